The molecule has 1 nitrogen and oxygen atoms in total. The van der Waals surface area contributed by atoms with Crippen LogP contribution in [-0.4, -0.2) is 5.11 Å². The van der Waals surface area contributed by atoms with Crippen LogP contribution in [0.1, 0.15) is 63.1 Å². The van der Waals surface area contributed by atoms with Crippen LogP contribution in [0, 0.1) is 0 Å². The topological polar surface area (TPSA) is 20.2 Å². The number of hydrogen-bond donors (Lipinski definition) is 1. The molecule has 0 aromatic heterocycles. The van der Waals surface area contributed by atoms with E-state index in [9.17, 15) is 5.11 Å². The summed E-state index contributed by atoms with van der Waals surface area (Å²) in [6.45, 7) is 8.80. The van der Waals surface area contributed by atoms with E-state index < -0.39 is 0 Å². The summed E-state index contributed by atoms with van der Waals surface area (Å²) in [7, 11) is 0. The molecule has 0 atom stereocenters. The molecule has 0 fully saturated rings. The lowest BCUT2D eigenvalue weighted by Gasteiger charge is -2.15. The Morgan fingerprint density at radius 1 is 0.955 bits per heavy atom. The van der Waals surface area contributed by atoms with Gasteiger partial charge in [-0.25, -0.2) is 0 Å². The molecule has 0 saturated heterocycles. The second-order valence-corrected chi connectivity index (χ2v) is 6.34. The van der Waals surface area contributed by atoms with E-state index in [4.69, 9.17) is 0 Å². The molecule has 0 spiro atoms. The lowest BCUT2D eigenvalue weighted by atomic mass is 9.91. The molecule has 0 saturated carbocycles. The maximum absolute atomic E-state index is 10.7. The molecule has 1 heteroatoms. The highest BCUT2D eigenvalue weighted by atomic mass is 16.3. The van der Waals surface area contributed by atoms with Gasteiger partial charge in [-0.05, 0) is 47.4 Å². The van der Waals surface area contributed by atoms with Crippen LogP contribution in [-0.2, 0) is 12.8 Å². The van der Waals surface area contributed by atoms with Gasteiger partial charge in [0.1, 0.15) is 5.75 Å². The Balaban J connectivity index is 2.47. The van der Waals surface area contributed by atoms with Crippen molar-refractivity contribution in [3.63, 3.8) is 0 Å². The number of rotatable bonds is 6. The monoisotopic (exact) mass is 296 g/mol. The number of unbranched alkanes of at least 4 members (excludes halogenated alkanes) is 1. The number of aryl methyl sites for hydroxylation is 2. The number of hydrogen-bond acceptors (Lipinski definition) is 1. The van der Waals surface area contributed by atoms with E-state index in [0.29, 0.717) is 11.7 Å². The molecule has 118 valence electrons. The van der Waals surface area contributed by atoms with E-state index in [1.165, 1.54) is 16.7 Å². The number of phenols is 1. The SMILES string of the molecule is CCCCc1cccc(-c2ccc(C(C)C)cc2CC)c1O. The summed E-state index contributed by atoms with van der Waals surface area (Å²) in [6.07, 6.45) is 4.19. The fraction of sp³-hybridized carbons (Fsp3) is 0.429. The zero-order valence-corrected chi connectivity index (χ0v) is 14.3. The molecular weight excluding hydrogens is 268 g/mol. The summed E-state index contributed by atoms with van der Waals surface area (Å²) >= 11 is 0. The number of phenolic OH excluding ortho intramolecular Hbond substituents is 1. The van der Waals surface area contributed by atoms with E-state index in [-0.39, 0.29) is 0 Å². The Bertz CT molecular complexity index is 626. The van der Waals surface area contributed by atoms with Gasteiger partial charge in [-0.1, -0.05) is 70.5 Å². The number of aromatic hydroxyl groups is 1. The number of benzene rings is 2. The molecule has 0 radical (unpaired) electrons. The van der Waals surface area contributed by atoms with E-state index in [1.807, 2.05) is 12.1 Å². The van der Waals surface area contributed by atoms with E-state index in [0.717, 1.165) is 36.8 Å². The molecular formula is C21H28O. The minimum Gasteiger partial charge on any atom is -0.507 e. The maximum atomic E-state index is 10.7. The number of para-hydroxylation sites is 1. The van der Waals surface area contributed by atoms with Crippen LogP contribution < -0.4 is 0 Å². The first-order chi connectivity index (χ1) is 10.6. The lowest BCUT2D eigenvalue weighted by molar-refractivity contribution is 0.469. The highest BCUT2D eigenvalue weighted by Gasteiger charge is 2.13. The largest absolute Gasteiger partial charge is 0.507 e. The molecule has 2 rings (SSSR count). The van der Waals surface area contributed by atoms with Crippen molar-refractivity contribution in [3.05, 3.63) is 53.1 Å². The highest BCUT2D eigenvalue weighted by molar-refractivity contribution is 5.75. The third-order valence-electron chi connectivity index (χ3n) is 4.39. The van der Waals surface area contributed by atoms with E-state index in [1.54, 1.807) is 0 Å². The molecule has 0 heterocycles. The van der Waals surface area contributed by atoms with Crippen molar-refractivity contribution >= 4 is 0 Å². The molecule has 0 unspecified atom stereocenters. The minimum absolute atomic E-state index is 0.461. The second-order valence-electron chi connectivity index (χ2n) is 6.34. The zero-order chi connectivity index (χ0) is 16.1. The average molecular weight is 296 g/mol. The molecule has 22 heavy (non-hydrogen) atoms. The van der Waals surface area contributed by atoms with Crippen LogP contribution in [0.15, 0.2) is 36.4 Å². The quantitative estimate of drug-likeness (QED) is 0.684. The highest BCUT2D eigenvalue weighted by Crippen LogP contribution is 2.36. The standard InChI is InChI=1S/C21H28O/c1-5-7-9-17-10-8-11-20(21(17)22)19-13-12-18(15(3)4)14-16(19)6-2/h8,10-15,22H,5-7,9H2,1-4H3. The normalized spacial score (nSPS) is 11.1. The summed E-state index contributed by atoms with van der Waals surface area (Å²) in [6, 6.07) is 12.8. The van der Waals surface area contributed by atoms with Crippen molar-refractivity contribution < 1.29 is 5.11 Å². The predicted molar refractivity (Wildman–Crippen MR) is 95.6 cm³/mol. The molecule has 0 aliphatic heterocycles. The van der Waals surface area contributed by atoms with Gasteiger partial charge in [0.15, 0.2) is 0 Å². The van der Waals surface area contributed by atoms with Crippen molar-refractivity contribution in [3.8, 4) is 16.9 Å². The Hall–Kier alpha value is -1.76. The van der Waals surface area contributed by atoms with Gasteiger partial charge >= 0.3 is 0 Å². The van der Waals surface area contributed by atoms with Crippen molar-refractivity contribution in [2.24, 2.45) is 0 Å². The molecule has 1 N–H and O–H groups in total. The van der Waals surface area contributed by atoms with Crippen molar-refractivity contribution in [2.45, 2.75) is 59.3 Å². The Kier molecular flexibility index (Phi) is 5.65. The second kappa shape index (κ2) is 7.49. The summed E-state index contributed by atoms with van der Waals surface area (Å²) in [5.41, 5.74) is 5.88. The van der Waals surface area contributed by atoms with Crippen LogP contribution in [0.2, 0.25) is 0 Å². The summed E-state index contributed by atoms with van der Waals surface area (Å²) in [5.74, 6) is 0.992. The fourth-order valence-electron chi connectivity index (χ4n) is 2.91. The van der Waals surface area contributed by atoms with Crippen LogP contribution >= 0.6 is 0 Å². The van der Waals surface area contributed by atoms with Crippen LogP contribution in [0.25, 0.3) is 11.1 Å². The Morgan fingerprint density at radius 2 is 1.73 bits per heavy atom. The van der Waals surface area contributed by atoms with Gasteiger partial charge in [-0.3, -0.25) is 0 Å². The summed E-state index contributed by atoms with van der Waals surface area (Å²) in [4.78, 5) is 0. The molecule has 0 bridgehead atoms. The van der Waals surface area contributed by atoms with Crippen LogP contribution in [0.5, 0.6) is 5.75 Å². The van der Waals surface area contributed by atoms with Gasteiger partial charge in [0.25, 0.3) is 0 Å². The van der Waals surface area contributed by atoms with E-state index >= 15 is 0 Å². The predicted octanol–water partition coefficient (Wildman–Crippen LogP) is 6.09. The smallest absolute Gasteiger partial charge is 0.126 e. The third-order valence-corrected chi connectivity index (χ3v) is 4.39. The first-order valence-electron chi connectivity index (χ1n) is 8.52. The first-order valence-corrected chi connectivity index (χ1v) is 8.52. The third kappa shape index (κ3) is 3.52. The molecule has 0 aliphatic carbocycles. The Morgan fingerprint density at radius 3 is 2.36 bits per heavy atom. The van der Waals surface area contributed by atoms with Gasteiger partial charge in [0.2, 0.25) is 0 Å². The molecule has 2 aromatic carbocycles. The van der Waals surface area contributed by atoms with Crippen molar-refractivity contribution in [1.29, 1.82) is 0 Å². The Labute approximate surface area is 135 Å². The van der Waals surface area contributed by atoms with Crippen molar-refractivity contribution in [1.82, 2.24) is 0 Å². The summed E-state index contributed by atoms with van der Waals surface area (Å²) < 4.78 is 0. The van der Waals surface area contributed by atoms with E-state index in [2.05, 4.69) is 52.0 Å². The average Bonchev–Trinajstić information content (AvgIpc) is 2.53. The maximum Gasteiger partial charge on any atom is 0.126 e. The zero-order valence-electron chi connectivity index (χ0n) is 14.3. The van der Waals surface area contributed by atoms with Gasteiger partial charge in [0, 0.05) is 5.56 Å². The molecule has 2 aromatic rings. The lowest BCUT2D eigenvalue weighted by Crippen LogP contribution is -1.95. The molecule has 0 amide bonds. The van der Waals surface area contributed by atoms with Crippen LogP contribution in [0.4, 0.5) is 0 Å². The first kappa shape index (κ1) is 16.6. The summed E-state index contributed by atoms with van der Waals surface area (Å²) in [5, 5.41) is 10.7. The van der Waals surface area contributed by atoms with Gasteiger partial charge in [-0.15, -0.1) is 0 Å². The van der Waals surface area contributed by atoms with Crippen molar-refractivity contribution in [2.75, 3.05) is 0 Å². The fourth-order valence-corrected chi connectivity index (χ4v) is 2.91. The van der Waals surface area contributed by atoms with Gasteiger partial charge in [-0.2, -0.15) is 0 Å². The van der Waals surface area contributed by atoms with Gasteiger partial charge in [0.05, 0.1) is 0 Å². The minimum atomic E-state index is 0.461. The van der Waals surface area contributed by atoms with Crippen LogP contribution in [0.3, 0.4) is 0 Å². The van der Waals surface area contributed by atoms with Gasteiger partial charge < -0.3 is 5.11 Å². The molecule has 0 aliphatic rings.